The van der Waals surface area contributed by atoms with E-state index < -0.39 is 0 Å². The predicted octanol–water partition coefficient (Wildman–Crippen LogP) is 3.69. The van der Waals surface area contributed by atoms with E-state index in [1.807, 2.05) is 13.8 Å². The molecule has 2 N–H and O–H groups in total. The van der Waals surface area contributed by atoms with Gasteiger partial charge in [0.1, 0.15) is 0 Å². The third kappa shape index (κ3) is 5.11. The fourth-order valence-electron chi connectivity index (χ4n) is 3.28. The van der Waals surface area contributed by atoms with E-state index in [-0.39, 0.29) is 42.5 Å². The van der Waals surface area contributed by atoms with Gasteiger partial charge in [-0.15, -0.1) is 0 Å². The largest absolute Gasteiger partial charge is 0.326 e. The molecule has 2 aromatic rings. The molecule has 0 saturated carbocycles. The van der Waals surface area contributed by atoms with Gasteiger partial charge >= 0.3 is 0 Å². The molecule has 0 saturated heterocycles. The van der Waals surface area contributed by atoms with Crippen LogP contribution >= 0.6 is 0 Å². The maximum Gasteiger partial charge on any atom is 0.261 e. The molecule has 0 atom stereocenters. The quantitative estimate of drug-likeness (QED) is 0.653. The minimum Gasteiger partial charge on any atom is -0.326 e. The van der Waals surface area contributed by atoms with Gasteiger partial charge in [0, 0.05) is 30.8 Å². The van der Waals surface area contributed by atoms with Crippen LogP contribution in [0.25, 0.3) is 0 Å². The van der Waals surface area contributed by atoms with Crippen molar-refractivity contribution in [3.05, 3.63) is 59.7 Å². The van der Waals surface area contributed by atoms with Crippen molar-refractivity contribution in [2.75, 3.05) is 17.2 Å². The molecule has 0 unspecified atom stereocenters. The van der Waals surface area contributed by atoms with Crippen molar-refractivity contribution in [1.82, 2.24) is 4.90 Å². The molecule has 0 bridgehead atoms. The standard InChI is InChI=1S/C23H25N3O4/c1-15(2)14-21(28)25-17-11-9-16(10-12-17)24-20(27)8-5-13-26-22(29)18-6-3-4-7-19(18)23(26)30/h3-4,6-7,9-12,15H,5,8,13-14H2,1-2H3,(H,24,27)(H,25,28). The Kier molecular flexibility index (Phi) is 6.61. The Morgan fingerprint density at radius 3 is 1.83 bits per heavy atom. The van der Waals surface area contributed by atoms with Crippen LogP contribution in [0.5, 0.6) is 0 Å². The van der Waals surface area contributed by atoms with E-state index in [0.717, 1.165) is 0 Å². The molecule has 1 aliphatic rings. The topological polar surface area (TPSA) is 95.6 Å². The van der Waals surface area contributed by atoms with Crippen molar-refractivity contribution in [2.45, 2.75) is 33.1 Å². The fraction of sp³-hybridized carbons (Fsp3) is 0.304. The molecular weight excluding hydrogens is 382 g/mol. The molecular formula is C23H25N3O4. The normalized spacial score (nSPS) is 12.8. The minimum absolute atomic E-state index is 0.0463. The van der Waals surface area contributed by atoms with Gasteiger partial charge in [0.15, 0.2) is 0 Å². The van der Waals surface area contributed by atoms with Gasteiger partial charge in [0.25, 0.3) is 11.8 Å². The van der Waals surface area contributed by atoms with Gasteiger partial charge in [0.2, 0.25) is 11.8 Å². The zero-order chi connectivity index (χ0) is 21.7. The summed E-state index contributed by atoms with van der Waals surface area (Å²) in [5, 5.41) is 5.59. The highest BCUT2D eigenvalue weighted by Crippen LogP contribution is 2.22. The van der Waals surface area contributed by atoms with Gasteiger partial charge in [-0.25, -0.2) is 0 Å². The molecule has 0 radical (unpaired) electrons. The molecule has 0 aliphatic carbocycles. The number of hydrogen-bond donors (Lipinski definition) is 2. The van der Waals surface area contributed by atoms with E-state index in [9.17, 15) is 19.2 Å². The molecule has 7 nitrogen and oxygen atoms in total. The van der Waals surface area contributed by atoms with Crippen molar-refractivity contribution >= 4 is 35.0 Å². The van der Waals surface area contributed by atoms with Gasteiger partial charge in [-0.2, -0.15) is 0 Å². The summed E-state index contributed by atoms with van der Waals surface area (Å²) in [6.07, 6.45) is 1.01. The zero-order valence-corrected chi connectivity index (χ0v) is 17.1. The first-order chi connectivity index (χ1) is 14.3. The number of imide groups is 1. The summed E-state index contributed by atoms with van der Waals surface area (Å²) in [5.74, 6) is -0.598. The lowest BCUT2D eigenvalue weighted by Crippen LogP contribution is -2.31. The van der Waals surface area contributed by atoms with Gasteiger partial charge in [0.05, 0.1) is 11.1 Å². The van der Waals surface area contributed by atoms with Crippen LogP contribution < -0.4 is 10.6 Å². The van der Waals surface area contributed by atoms with Crippen molar-refractivity contribution < 1.29 is 19.2 Å². The van der Waals surface area contributed by atoms with Crippen LogP contribution in [0.2, 0.25) is 0 Å². The predicted molar refractivity (Wildman–Crippen MR) is 114 cm³/mol. The monoisotopic (exact) mass is 407 g/mol. The van der Waals surface area contributed by atoms with Crippen molar-refractivity contribution in [1.29, 1.82) is 0 Å². The molecule has 1 heterocycles. The maximum atomic E-state index is 12.3. The van der Waals surface area contributed by atoms with Gasteiger partial charge in [-0.1, -0.05) is 26.0 Å². The lowest BCUT2D eigenvalue weighted by Gasteiger charge is -2.13. The summed E-state index contributed by atoms with van der Waals surface area (Å²) in [6.45, 7) is 4.15. The van der Waals surface area contributed by atoms with E-state index in [2.05, 4.69) is 10.6 Å². The van der Waals surface area contributed by atoms with E-state index in [1.54, 1.807) is 48.5 Å². The Morgan fingerprint density at radius 2 is 1.33 bits per heavy atom. The van der Waals surface area contributed by atoms with Crippen molar-refractivity contribution in [3.8, 4) is 0 Å². The summed E-state index contributed by atoms with van der Waals surface area (Å²) < 4.78 is 0. The van der Waals surface area contributed by atoms with Gasteiger partial charge in [-0.05, 0) is 48.7 Å². The third-order valence-corrected chi connectivity index (χ3v) is 4.71. The molecule has 0 fully saturated rings. The number of anilines is 2. The second kappa shape index (κ2) is 9.35. The average Bonchev–Trinajstić information content (AvgIpc) is 2.94. The Bertz CT molecular complexity index is 932. The third-order valence-electron chi connectivity index (χ3n) is 4.71. The number of carbonyl (C=O) groups is 4. The van der Waals surface area contributed by atoms with Gasteiger partial charge in [-0.3, -0.25) is 24.1 Å². The molecule has 4 amide bonds. The van der Waals surface area contributed by atoms with Crippen molar-refractivity contribution in [3.63, 3.8) is 0 Å². The van der Waals surface area contributed by atoms with Crippen LogP contribution in [0, 0.1) is 5.92 Å². The second-order valence-corrected chi connectivity index (χ2v) is 7.68. The molecule has 156 valence electrons. The summed E-state index contributed by atoms with van der Waals surface area (Å²) in [5.41, 5.74) is 2.10. The summed E-state index contributed by atoms with van der Waals surface area (Å²) in [4.78, 5) is 49.8. The number of rotatable bonds is 8. The number of carbonyl (C=O) groups excluding carboxylic acids is 4. The first kappa shape index (κ1) is 21.2. The Balaban J connectivity index is 1.45. The van der Waals surface area contributed by atoms with E-state index >= 15 is 0 Å². The summed E-state index contributed by atoms with van der Waals surface area (Å²) >= 11 is 0. The van der Waals surface area contributed by atoms with Crippen LogP contribution in [0.1, 0.15) is 53.8 Å². The highest BCUT2D eigenvalue weighted by molar-refractivity contribution is 6.21. The van der Waals surface area contributed by atoms with E-state index in [1.165, 1.54) is 4.90 Å². The number of nitrogens with zero attached hydrogens (tertiary/aromatic N) is 1. The van der Waals surface area contributed by atoms with Crippen molar-refractivity contribution in [2.24, 2.45) is 5.92 Å². The molecule has 2 aromatic carbocycles. The first-order valence-corrected chi connectivity index (χ1v) is 10.00. The highest BCUT2D eigenvalue weighted by atomic mass is 16.2. The lowest BCUT2D eigenvalue weighted by molar-refractivity contribution is -0.117. The number of hydrogen-bond acceptors (Lipinski definition) is 4. The SMILES string of the molecule is CC(C)CC(=O)Nc1ccc(NC(=O)CCCN2C(=O)c3ccccc3C2=O)cc1. The maximum absolute atomic E-state index is 12.3. The molecule has 30 heavy (non-hydrogen) atoms. The number of benzene rings is 2. The van der Waals surface area contributed by atoms with E-state index in [0.29, 0.717) is 35.3 Å². The second-order valence-electron chi connectivity index (χ2n) is 7.68. The fourth-order valence-corrected chi connectivity index (χ4v) is 3.28. The average molecular weight is 407 g/mol. The molecule has 0 aromatic heterocycles. The smallest absolute Gasteiger partial charge is 0.261 e. The molecule has 0 spiro atoms. The minimum atomic E-state index is -0.314. The first-order valence-electron chi connectivity index (χ1n) is 10.00. The van der Waals surface area contributed by atoms with E-state index in [4.69, 9.17) is 0 Å². The van der Waals surface area contributed by atoms with Crippen LogP contribution in [0.3, 0.4) is 0 Å². The van der Waals surface area contributed by atoms with Gasteiger partial charge < -0.3 is 10.6 Å². The summed E-state index contributed by atoms with van der Waals surface area (Å²) in [6, 6.07) is 13.6. The summed E-state index contributed by atoms with van der Waals surface area (Å²) in [7, 11) is 0. The van der Waals surface area contributed by atoms with Crippen LogP contribution in [-0.4, -0.2) is 35.1 Å². The number of nitrogens with one attached hydrogen (secondary N) is 2. The lowest BCUT2D eigenvalue weighted by atomic mass is 10.1. The molecule has 1 aliphatic heterocycles. The Labute approximate surface area is 175 Å². The number of amides is 4. The molecule has 7 heteroatoms. The highest BCUT2D eigenvalue weighted by Gasteiger charge is 2.34. The van der Waals surface area contributed by atoms with Crippen LogP contribution in [0.15, 0.2) is 48.5 Å². The number of fused-ring (bicyclic) bond motifs is 1. The van der Waals surface area contributed by atoms with Crippen LogP contribution in [0.4, 0.5) is 11.4 Å². The zero-order valence-electron chi connectivity index (χ0n) is 17.1. The Morgan fingerprint density at radius 1 is 0.833 bits per heavy atom. The molecule has 3 rings (SSSR count). The Hall–Kier alpha value is -3.48. The van der Waals surface area contributed by atoms with Crippen LogP contribution in [-0.2, 0) is 9.59 Å².